The second-order valence-electron chi connectivity index (χ2n) is 5.50. The van der Waals surface area contributed by atoms with Crippen molar-refractivity contribution in [2.75, 3.05) is 6.61 Å². The SMILES string of the molecule is O=C(COC(=O)C1(c2ccccc2)CC1)NNC(=O)c1cccs1. The standard InChI is InChI=1S/C17H16N2O4S/c20-14(18-19-15(21)13-7-4-10-24-13)11-23-16(22)17(8-9-17)12-5-2-1-3-6-12/h1-7,10H,8-9,11H2,(H,18,20)(H,19,21). The molecule has 0 spiro atoms. The molecular formula is C17H16N2O4S. The zero-order valence-electron chi connectivity index (χ0n) is 12.8. The fourth-order valence-electron chi connectivity index (χ4n) is 2.39. The summed E-state index contributed by atoms with van der Waals surface area (Å²) in [5.74, 6) is -1.40. The van der Waals surface area contributed by atoms with Gasteiger partial charge in [-0.05, 0) is 29.9 Å². The van der Waals surface area contributed by atoms with Gasteiger partial charge < -0.3 is 4.74 Å². The van der Waals surface area contributed by atoms with Crippen LogP contribution in [-0.4, -0.2) is 24.4 Å². The molecular weight excluding hydrogens is 328 g/mol. The van der Waals surface area contributed by atoms with Crippen LogP contribution in [0.2, 0.25) is 0 Å². The zero-order valence-corrected chi connectivity index (χ0v) is 13.6. The summed E-state index contributed by atoms with van der Waals surface area (Å²) in [5.41, 5.74) is 4.78. The number of carbonyl (C=O) groups is 3. The van der Waals surface area contributed by atoms with Crippen LogP contribution in [0.4, 0.5) is 0 Å². The molecule has 0 unspecified atom stereocenters. The summed E-state index contributed by atoms with van der Waals surface area (Å²) < 4.78 is 5.11. The van der Waals surface area contributed by atoms with Crippen LogP contribution in [-0.2, 0) is 19.7 Å². The minimum absolute atomic E-state index is 0.409. The van der Waals surface area contributed by atoms with Crippen LogP contribution in [0.5, 0.6) is 0 Å². The van der Waals surface area contributed by atoms with Gasteiger partial charge in [-0.2, -0.15) is 0 Å². The topological polar surface area (TPSA) is 84.5 Å². The molecule has 0 bridgehead atoms. The first-order chi connectivity index (χ1) is 11.6. The van der Waals surface area contributed by atoms with Gasteiger partial charge in [-0.25, -0.2) is 0 Å². The number of hydrogen-bond donors (Lipinski definition) is 2. The molecule has 0 radical (unpaired) electrons. The average Bonchev–Trinajstić information content (AvgIpc) is 3.25. The van der Waals surface area contributed by atoms with Crippen LogP contribution in [0, 0.1) is 0 Å². The van der Waals surface area contributed by atoms with Crippen LogP contribution >= 0.6 is 11.3 Å². The van der Waals surface area contributed by atoms with Crippen LogP contribution in [0.25, 0.3) is 0 Å². The third-order valence-electron chi connectivity index (χ3n) is 3.86. The predicted molar refractivity (Wildman–Crippen MR) is 88.2 cm³/mol. The summed E-state index contributed by atoms with van der Waals surface area (Å²) >= 11 is 1.26. The molecule has 2 amide bonds. The molecule has 0 atom stereocenters. The number of hydrazine groups is 1. The van der Waals surface area contributed by atoms with Crippen molar-refractivity contribution >= 4 is 29.1 Å². The Bertz CT molecular complexity index is 739. The summed E-state index contributed by atoms with van der Waals surface area (Å²) in [6, 6.07) is 12.8. The Labute approximate surface area is 142 Å². The van der Waals surface area contributed by atoms with E-state index in [0.29, 0.717) is 17.7 Å². The van der Waals surface area contributed by atoms with Crippen LogP contribution in [0.1, 0.15) is 28.1 Å². The van der Waals surface area contributed by atoms with E-state index in [-0.39, 0.29) is 0 Å². The first-order valence-corrected chi connectivity index (χ1v) is 8.35. The van der Waals surface area contributed by atoms with Crippen molar-refractivity contribution in [1.29, 1.82) is 0 Å². The lowest BCUT2D eigenvalue weighted by atomic mass is 9.96. The summed E-state index contributed by atoms with van der Waals surface area (Å²) in [6.07, 6.45) is 1.43. The number of amides is 2. The normalized spacial score (nSPS) is 14.5. The van der Waals surface area contributed by atoms with Gasteiger partial charge in [0.1, 0.15) is 0 Å². The van der Waals surface area contributed by atoms with Gasteiger partial charge in [0.15, 0.2) is 6.61 Å². The highest BCUT2D eigenvalue weighted by atomic mass is 32.1. The number of rotatable bonds is 5. The van der Waals surface area contributed by atoms with Crippen LogP contribution in [0.15, 0.2) is 47.8 Å². The number of ether oxygens (including phenoxy) is 1. The van der Waals surface area contributed by atoms with E-state index >= 15 is 0 Å². The lowest BCUT2D eigenvalue weighted by molar-refractivity contribution is -0.151. The fourth-order valence-corrected chi connectivity index (χ4v) is 3.01. The number of benzene rings is 1. The Balaban J connectivity index is 1.46. The molecule has 124 valence electrons. The van der Waals surface area contributed by atoms with Gasteiger partial charge >= 0.3 is 5.97 Å². The second kappa shape index (κ2) is 6.84. The molecule has 1 saturated carbocycles. The lowest BCUT2D eigenvalue weighted by Crippen LogP contribution is -2.43. The van der Waals surface area contributed by atoms with Gasteiger partial charge in [-0.3, -0.25) is 25.2 Å². The molecule has 1 fully saturated rings. The van der Waals surface area contributed by atoms with E-state index in [4.69, 9.17) is 4.74 Å². The predicted octanol–water partition coefficient (Wildman–Crippen LogP) is 1.78. The summed E-state index contributed by atoms with van der Waals surface area (Å²) in [6.45, 7) is -0.432. The van der Waals surface area contributed by atoms with E-state index in [2.05, 4.69) is 10.9 Å². The minimum atomic E-state index is -0.623. The maximum atomic E-state index is 12.3. The van der Waals surface area contributed by atoms with E-state index in [0.717, 1.165) is 5.56 Å². The van der Waals surface area contributed by atoms with Gasteiger partial charge in [0, 0.05) is 0 Å². The smallest absolute Gasteiger partial charge is 0.317 e. The third kappa shape index (κ3) is 3.46. The number of esters is 1. The van der Waals surface area contributed by atoms with E-state index in [1.165, 1.54) is 11.3 Å². The van der Waals surface area contributed by atoms with Crippen molar-refractivity contribution in [2.45, 2.75) is 18.3 Å². The Hall–Kier alpha value is -2.67. The maximum Gasteiger partial charge on any atom is 0.317 e. The van der Waals surface area contributed by atoms with E-state index in [1.807, 2.05) is 30.3 Å². The molecule has 0 aliphatic heterocycles. The summed E-state index contributed by atoms with van der Waals surface area (Å²) in [5, 5.41) is 1.76. The summed E-state index contributed by atoms with van der Waals surface area (Å²) in [7, 11) is 0. The second-order valence-corrected chi connectivity index (χ2v) is 6.45. The fraction of sp³-hybridized carbons (Fsp3) is 0.235. The number of nitrogens with one attached hydrogen (secondary N) is 2. The molecule has 1 aromatic carbocycles. The first-order valence-electron chi connectivity index (χ1n) is 7.47. The highest BCUT2D eigenvalue weighted by Gasteiger charge is 2.52. The van der Waals surface area contributed by atoms with Crippen molar-refractivity contribution in [2.24, 2.45) is 0 Å². The molecule has 3 rings (SSSR count). The highest BCUT2D eigenvalue weighted by Crippen LogP contribution is 2.49. The van der Waals surface area contributed by atoms with Crippen LogP contribution < -0.4 is 10.9 Å². The molecule has 0 saturated heterocycles. The number of thiophene rings is 1. The maximum absolute atomic E-state index is 12.3. The van der Waals surface area contributed by atoms with Gasteiger partial charge in [-0.1, -0.05) is 36.4 Å². The lowest BCUT2D eigenvalue weighted by Gasteiger charge is -2.14. The average molecular weight is 344 g/mol. The van der Waals surface area contributed by atoms with Crippen molar-refractivity contribution in [3.63, 3.8) is 0 Å². The van der Waals surface area contributed by atoms with Gasteiger partial charge in [0.25, 0.3) is 11.8 Å². The quantitative estimate of drug-likeness (QED) is 0.640. The third-order valence-corrected chi connectivity index (χ3v) is 4.73. The molecule has 6 nitrogen and oxygen atoms in total. The first kappa shape index (κ1) is 16.2. The molecule has 2 N–H and O–H groups in total. The Morgan fingerprint density at radius 1 is 1.04 bits per heavy atom. The van der Waals surface area contributed by atoms with Crippen molar-refractivity contribution in [1.82, 2.24) is 10.9 Å². The Morgan fingerprint density at radius 2 is 1.79 bits per heavy atom. The molecule has 1 heterocycles. The molecule has 24 heavy (non-hydrogen) atoms. The van der Waals surface area contributed by atoms with E-state index in [1.54, 1.807) is 17.5 Å². The van der Waals surface area contributed by atoms with Gasteiger partial charge in [0.05, 0.1) is 10.3 Å². The Kier molecular flexibility index (Phi) is 4.61. The van der Waals surface area contributed by atoms with E-state index < -0.39 is 29.8 Å². The zero-order chi connectivity index (χ0) is 17.0. The largest absolute Gasteiger partial charge is 0.455 e. The molecule has 1 aliphatic carbocycles. The van der Waals surface area contributed by atoms with Gasteiger partial charge in [-0.15, -0.1) is 11.3 Å². The number of carbonyl (C=O) groups excluding carboxylic acids is 3. The van der Waals surface area contributed by atoms with Crippen LogP contribution in [0.3, 0.4) is 0 Å². The molecule has 2 aromatic rings. The molecule has 1 aliphatic rings. The Morgan fingerprint density at radius 3 is 2.42 bits per heavy atom. The van der Waals surface area contributed by atoms with Crippen molar-refractivity contribution in [3.05, 3.63) is 58.3 Å². The highest BCUT2D eigenvalue weighted by molar-refractivity contribution is 7.12. The van der Waals surface area contributed by atoms with Crippen molar-refractivity contribution in [3.8, 4) is 0 Å². The number of hydrogen-bond acceptors (Lipinski definition) is 5. The molecule has 1 aromatic heterocycles. The monoisotopic (exact) mass is 344 g/mol. The van der Waals surface area contributed by atoms with Gasteiger partial charge in [0.2, 0.25) is 0 Å². The summed E-state index contributed by atoms with van der Waals surface area (Å²) in [4.78, 5) is 36.1. The van der Waals surface area contributed by atoms with Crippen molar-refractivity contribution < 1.29 is 19.1 Å². The van der Waals surface area contributed by atoms with E-state index in [9.17, 15) is 14.4 Å². The molecule has 7 heteroatoms. The minimum Gasteiger partial charge on any atom is -0.455 e.